The van der Waals surface area contributed by atoms with Crippen molar-refractivity contribution >= 4 is 11.6 Å². The molecule has 2 bridgehead atoms. The fourth-order valence-corrected chi connectivity index (χ4v) is 4.10. The first-order chi connectivity index (χ1) is 11.2. The quantitative estimate of drug-likeness (QED) is 0.780. The number of hydrogen-bond donors (Lipinski definition) is 0. The van der Waals surface area contributed by atoms with Gasteiger partial charge in [-0.15, -0.1) is 0 Å². The van der Waals surface area contributed by atoms with Crippen LogP contribution < -0.4 is 0 Å². The molecule has 0 spiro atoms. The molecule has 0 aromatic heterocycles. The molecule has 2 nitrogen and oxygen atoms in total. The topological polar surface area (TPSA) is 34.1 Å². The van der Waals surface area contributed by atoms with Gasteiger partial charge in [-0.3, -0.25) is 9.59 Å². The predicted octanol–water partition coefficient (Wildman–Crippen LogP) is 4.48. The molecule has 2 aromatic rings. The molecule has 2 atom stereocenters. The highest BCUT2D eigenvalue weighted by atomic mass is 16.1. The molecule has 2 aliphatic carbocycles. The van der Waals surface area contributed by atoms with Gasteiger partial charge in [-0.05, 0) is 25.2 Å². The van der Waals surface area contributed by atoms with Gasteiger partial charge in [0.15, 0.2) is 11.6 Å². The third kappa shape index (κ3) is 2.17. The van der Waals surface area contributed by atoms with Crippen molar-refractivity contribution in [3.8, 4) is 0 Å². The SMILES string of the molecule is O=C(C1=CC2CCC1(C(=O)c1ccccc1)C2)c1ccccc1. The van der Waals surface area contributed by atoms with Crippen LogP contribution in [0.1, 0.15) is 40.0 Å². The molecule has 0 amide bonds. The van der Waals surface area contributed by atoms with E-state index in [1.807, 2.05) is 60.7 Å². The van der Waals surface area contributed by atoms with Crippen molar-refractivity contribution in [2.24, 2.45) is 11.3 Å². The van der Waals surface area contributed by atoms with Gasteiger partial charge in [-0.1, -0.05) is 66.7 Å². The Morgan fingerprint density at radius 2 is 1.48 bits per heavy atom. The third-order valence-corrected chi connectivity index (χ3v) is 5.22. The zero-order chi connectivity index (χ0) is 15.9. The summed E-state index contributed by atoms with van der Waals surface area (Å²) in [4.78, 5) is 26.1. The Kier molecular flexibility index (Phi) is 3.26. The molecule has 114 valence electrons. The van der Waals surface area contributed by atoms with Crippen molar-refractivity contribution in [3.05, 3.63) is 83.4 Å². The van der Waals surface area contributed by atoms with Gasteiger partial charge in [0.1, 0.15) is 0 Å². The van der Waals surface area contributed by atoms with E-state index in [2.05, 4.69) is 6.08 Å². The second-order valence-electron chi connectivity index (χ2n) is 6.56. The highest BCUT2D eigenvalue weighted by Gasteiger charge is 2.53. The third-order valence-electron chi connectivity index (χ3n) is 5.22. The van der Waals surface area contributed by atoms with E-state index in [1.54, 1.807) is 0 Å². The summed E-state index contributed by atoms with van der Waals surface area (Å²) in [5, 5.41) is 0. The monoisotopic (exact) mass is 302 g/mol. The van der Waals surface area contributed by atoms with Crippen molar-refractivity contribution in [2.45, 2.75) is 19.3 Å². The van der Waals surface area contributed by atoms with Crippen LogP contribution in [0.2, 0.25) is 0 Å². The fourth-order valence-electron chi connectivity index (χ4n) is 4.10. The highest BCUT2D eigenvalue weighted by Crippen LogP contribution is 2.56. The second-order valence-corrected chi connectivity index (χ2v) is 6.56. The van der Waals surface area contributed by atoms with Gasteiger partial charge >= 0.3 is 0 Å². The van der Waals surface area contributed by atoms with E-state index in [0.29, 0.717) is 22.6 Å². The normalized spacial score (nSPS) is 25.2. The number of Topliss-reactive ketones (excluding diaryl/α,β-unsaturated/α-hetero) is 2. The van der Waals surface area contributed by atoms with Gasteiger partial charge in [0, 0.05) is 16.7 Å². The maximum Gasteiger partial charge on any atom is 0.189 e. The summed E-state index contributed by atoms with van der Waals surface area (Å²) in [6.07, 6.45) is 4.63. The molecule has 2 aliphatic rings. The second kappa shape index (κ2) is 5.31. The maximum absolute atomic E-state index is 13.2. The number of carbonyl (C=O) groups is 2. The van der Waals surface area contributed by atoms with E-state index < -0.39 is 5.41 Å². The lowest BCUT2D eigenvalue weighted by Gasteiger charge is -2.28. The lowest BCUT2D eigenvalue weighted by atomic mass is 9.72. The zero-order valence-corrected chi connectivity index (χ0v) is 12.9. The first kappa shape index (κ1) is 14.1. The number of carbonyl (C=O) groups excluding carboxylic acids is 2. The Bertz CT molecular complexity index is 789. The van der Waals surface area contributed by atoms with Crippen LogP contribution in [0.25, 0.3) is 0 Å². The Morgan fingerprint density at radius 3 is 2.09 bits per heavy atom. The number of ketones is 2. The van der Waals surface area contributed by atoms with E-state index >= 15 is 0 Å². The number of benzene rings is 2. The Labute approximate surface area is 135 Å². The van der Waals surface area contributed by atoms with Crippen LogP contribution in [0.4, 0.5) is 0 Å². The summed E-state index contributed by atoms with van der Waals surface area (Å²) in [7, 11) is 0. The average Bonchev–Trinajstić information content (AvgIpc) is 3.21. The number of allylic oxidation sites excluding steroid dienone is 2. The molecule has 4 rings (SSSR count). The largest absolute Gasteiger partial charge is 0.293 e. The van der Waals surface area contributed by atoms with Gasteiger partial charge in [-0.25, -0.2) is 0 Å². The summed E-state index contributed by atoms with van der Waals surface area (Å²) in [5.74, 6) is 0.482. The van der Waals surface area contributed by atoms with Crippen molar-refractivity contribution in [3.63, 3.8) is 0 Å². The molecule has 2 aromatic carbocycles. The molecular weight excluding hydrogens is 284 g/mol. The van der Waals surface area contributed by atoms with Crippen LogP contribution in [0.3, 0.4) is 0 Å². The molecule has 1 fully saturated rings. The van der Waals surface area contributed by atoms with E-state index in [1.165, 1.54) is 0 Å². The number of fused-ring (bicyclic) bond motifs is 2. The molecule has 1 saturated carbocycles. The summed E-state index contributed by atoms with van der Waals surface area (Å²) >= 11 is 0. The number of hydrogen-bond acceptors (Lipinski definition) is 2. The highest BCUT2D eigenvalue weighted by molar-refractivity contribution is 6.17. The minimum atomic E-state index is -0.612. The number of rotatable bonds is 4. The summed E-state index contributed by atoms with van der Waals surface area (Å²) in [5.41, 5.74) is 1.49. The van der Waals surface area contributed by atoms with Crippen molar-refractivity contribution in [2.75, 3.05) is 0 Å². The minimum absolute atomic E-state index is 0.0112. The lowest BCUT2D eigenvalue weighted by molar-refractivity contribution is 0.0816. The molecule has 0 aliphatic heterocycles. The van der Waals surface area contributed by atoms with Gasteiger partial charge in [-0.2, -0.15) is 0 Å². The molecule has 0 N–H and O–H groups in total. The van der Waals surface area contributed by atoms with Crippen molar-refractivity contribution in [1.82, 2.24) is 0 Å². The van der Waals surface area contributed by atoms with Crippen LogP contribution >= 0.6 is 0 Å². The Hall–Kier alpha value is -2.48. The molecule has 2 heteroatoms. The van der Waals surface area contributed by atoms with E-state index in [9.17, 15) is 9.59 Å². The fraction of sp³-hybridized carbons (Fsp3) is 0.238. The minimum Gasteiger partial charge on any atom is -0.293 e. The van der Waals surface area contributed by atoms with E-state index in [-0.39, 0.29) is 11.6 Å². The molecule has 23 heavy (non-hydrogen) atoms. The zero-order valence-electron chi connectivity index (χ0n) is 12.9. The van der Waals surface area contributed by atoms with E-state index in [0.717, 1.165) is 19.3 Å². The van der Waals surface area contributed by atoms with Crippen LogP contribution in [0, 0.1) is 11.3 Å². The first-order valence-electron chi connectivity index (χ1n) is 8.13. The summed E-state index contributed by atoms with van der Waals surface area (Å²) < 4.78 is 0. The first-order valence-corrected chi connectivity index (χ1v) is 8.13. The maximum atomic E-state index is 13.2. The van der Waals surface area contributed by atoms with Crippen molar-refractivity contribution in [1.29, 1.82) is 0 Å². The van der Waals surface area contributed by atoms with Gasteiger partial charge in [0.2, 0.25) is 0 Å². The molecular formula is C21H18O2. The van der Waals surface area contributed by atoms with Crippen LogP contribution in [0.5, 0.6) is 0 Å². The van der Waals surface area contributed by atoms with Crippen molar-refractivity contribution < 1.29 is 9.59 Å². The molecule has 0 radical (unpaired) electrons. The van der Waals surface area contributed by atoms with Crippen LogP contribution in [0.15, 0.2) is 72.3 Å². The Balaban J connectivity index is 1.74. The molecule has 0 saturated heterocycles. The van der Waals surface area contributed by atoms with Crippen LogP contribution in [-0.4, -0.2) is 11.6 Å². The van der Waals surface area contributed by atoms with Gasteiger partial charge in [0.25, 0.3) is 0 Å². The average molecular weight is 302 g/mol. The standard InChI is InChI=1S/C21H18O2/c22-19(16-7-3-1-4-8-16)18-13-15-11-12-21(18,14-15)20(23)17-9-5-2-6-10-17/h1-10,13,15H,11-12,14H2. The Morgan fingerprint density at radius 1 is 0.870 bits per heavy atom. The molecule has 0 heterocycles. The smallest absolute Gasteiger partial charge is 0.189 e. The van der Waals surface area contributed by atoms with Gasteiger partial charge < -0.3 is 0 Å². The molecule has 2 unspecified atom stereocenters. The van der Waals surface area contributed by atoms with E-state index in [4.69, 9.17) is 0 Å². The lowest BCUT2D eigenvalue weighted by Crippen LogP contribution is -2.32. The van der Waals surface area contributed by atoms with Crippen LogP contribution in [-0.2, 0) is 0 Å². The summed E-state index contributed by atoms with van der Waals surface area (Å²) in [6.45, 7) is 0. The summed E-state index contributed by atoms with van der Waals surface area (Å²) in [6, 6.07) is 18.7. The van der Waals surface area contributed by atoms with Gasteiger partial charge in [0.05, 0.1) is 5.41 Å². The predicted molar refractivity (Wildman–Crippen MR) is 89.4 cm³/mol.